The Morgan fingerprint density at radius 1 is 1.00 bits per heavy atom. The Morgan fingerprint density at radius 3 is 2.42 bits per heavy atom. The molecule has 0 bridgehead atoms. The van der Waals surface area contributed by atoms with Gasteiger partial charge in [-0.3, -0.25) is 4.79 Å². The summed E-state index contributed by atoms with van der Waals surface area (Å²) in [6.45, 7) is 5.84. The van der Waals surface area contributed by atoms with Crippen LogP contribution >= 0.6 is 0 Å². The van der Waals surface area contributed by atoms with Gasteiger partial charge >= 0.3 is 0 Å². The van der Waals surface area contributed by atoms with Gasteiger partial charge in [0.15, 0.2) is 0 Å². The highest BCUT2D eigenvalue weighted by Crippen LogP contribution is 2.18. The Hall–Kier alpha value is -1.92. The van der Waals surface area contributed by atoms with Crippen LogP contribution in [0.1, 0.15) is 45.6 Å². The van der Waals surface area contributed by atoms with Gasteiger partial charge in [0.25, 0.3) is 0 Å². The minimum Gasteiger partial charge on any atom is -0.352 e. The summed E-state index contributed by atoms with van der Waals surface area (Å²) in [4.78, 5) is 12.0. The van der Waals surface area contributed by atoms with E-state index in [9.17, 15) is 13.2 Å². The van der Waals surface area contributed by atoms with Crippen molar-refractivity contribution >= 4 is 26.7 Å². The maximum Gasteiger partial charge on any atom is 0.220 e. The molecule has 5 nitrogen and oxygen atoms in total. The molecule has 0 aromatic heterocycles. The van der Waals surface area contributed by atoms with Gasteiger partial charge in [-0.2, -0.15) is 0 Å². The van der Waals surface area contributed by atoms with Crippen LogP contribution in [0, 0.1) is 0 Å². The normalized spacial score (nSPS) is 12.3. The fourth-order valence-electron chi connectivity index (χ4n) is 2.56. The van der Waals surface area contributed by atoms with Crippen LogP contribution in [0.5, 0.6) is 0 Å². The molecule has 0 aliphatic carbocycles. The summed E-state index contributed by atoms with van der Waals surface area (Å²) >= 11 is 0. The zero-order chi connectivity index (χ0) is 19.2. The van der Waals surface area contributed by atoms with Gasteiger partial charge in [0.2, 0.25) is 15.9 Å². The molecule has 0 radical (unpaired) electrons. The van der Waals surface area contributed by atoms with Crippen molar-refractivity contribution in [2.45, 2.75) is 51.3 Å². The van der Waals surface area contributed by atoms with Gasteiger partial charge in [0, 0.05) is 19.5 Å². The smallest absolute Gasteiger partial charge is 0.220 e. The second-order valence-corrected chi connectivity index (χ2v) is 9.90. The van der Waals surface area contributed by atoms with Gasteiger partial charge in [-0.1, -0.05) is 42.5 Å². The summed E-state index contributed by atoms with van der Waals surface area (Å²) in [5, 5.41) is 5.25. The Kier molecular flexibility index (Phi) is 6.78. The van der Waals surface area contributed by atoms with Gasteiger partial charge in [0.1, 0.15) is 0 Å². The first-order valence-electron chi connectivity index (χ1n) is 8.93. The number of rotatable bonds is 8. The minimum atomic E-state index is -3.32. The molecule has 142 valence electrons. The lowest BCUT2D eigenvalue weighted by atomic mass is 10.0. The number of sulfonamides is 1. The standard InChI is InChI=1S/C20H28N2O3S/c1-20(2,3)26(24,25)22-14-7-6-13-19(23)21-15-17-11-8-10-16-9-4-5-12-18(16)17/h4-5,8-12,22H,6-7,13-15H2,1-3H3,(H,21,23). The molecular weight excluding hydrogens is 348 g/mol. The van der Waals surface area contributed by atoms with Crippen molar-refractivity contribution in [1.82, 2.24) is 10.0 Å². The molecule has 0 saturated heterocycles. The Bertz CT molecular complexity index is 849. The molecule has 2 N–H and O–H groups in total. The first-order valence-corrected chi connectivity index (χ1v) is 10.4. The number of nitrogens with one attached hydrogen (secondary N) is 2. The van der Waals surface area contributed by atoms with E-state index in [0.717, 1.165) is 16.3 Å². The summed E-state index contributed by atoms with van der Waals surface area (Å²) in [5.74, 6) is -0.0170. The molecule has 2 aromatic rings. The lowest BCUT2D eigenvalue weighted by Crippen LogP contribution is -2.39. The molecule has 0 aliphatic heterocycles. The van der Waals surface area contributed by atoms with Crippen LogP contribution in [0.25, 0.3) is 10.8 Å². The Morgan fingerprint density at radius 2 is 1.69 bits per heavy atom. The highest BCUT2D eigenvalue weighted by atomic mass is 32.2. The molecule has 2 rings (SSSR count). The van der Waals surface area contributed by atoms with E-state index in [4.69, 9.17) is 0 Å². The number of hydrogen-bond acceptors (Lipinski definition) is 3. The Labute approximate surface area is 156 Å². The third-order valence-electron chi connectivity index (χ3n) is 4.28. The van der Waals surface area contributed by atoms with Crippen LogP contribution in [-0.2, 0) is 21.4 Å². The average Bonchev–Trinajstić information content (AvgIpc) is 2.58. The summed E-state index contributed by atoms with van der Waals surface area (Å²) in [6, 6.07) is 14.2. The predicted molar refractivity (Wildman–Crippen MR) is 106 cm³/mol. The predicted octanol–water partition coefficient (Wildman–Crippen LogP) is 3.34. The van der Waals surface area contributed by atoms with E-state index in [0.29, 0.717) is 32.4 Å². The lowest BCUT2D eigenvalue weighted by molar-refractivity contribution is -0.121. The largest absolute Gasteiger partial charge is 0.352 e. The molecule has 0 spiro atoms. The van der Waals surface area contributed by atoms with Gasteiger partial charge in [0.05, 0.1) is 4.75 Å². The molecule has 0 aliphatic rings. The van der Waals surface area contributed by atoms with E-state index < -0.39 is 14.8 Å². The highest BCUT2D eigenvalue weighted by Gasteiger charge is 2.27. The minimum absolute atomic E-state index is 0.0170. The zero-order valence-electron chi connectivity index (χ0n) is 15.7. The maximum absolute atomic E-state index is 12.0. The third kappa shape index (κ3) is 5.54. The summed E-state index contributed by atoms with van der Waals surface area (Å²) in [6.07, 6.45) is 1.67. The fraction of sp³-hybridized carbons (Fsp3) is 0.450. The van der Waals surface area contributed by atoms with Crippen molar-refractivity contribution in [3.05, 3.63) is 48.0 Å². The van der Waals surface area contributed by atoms with Gasteiger partial charge in [-0.05, 0) is 49.9 Å². The quantitative estimate of drug-likeness (QED) is 0.694. The number of fused-ring (bicyclic) bond motifs is 1. The van der Waals surface area contributed by atoms with Crippen LogP contribution in [0.2, 0.25) is 0 Å². The van der Waals surface area contributed by atoms with Crippen LogP contribution < -0.4 is 10.0 Å². The first-order chi connectivity index (χ1) is 12.2. The fourth-order valence-corrected chi connectivity index (χ4v) is 3.41. The molecule has 0 saturated carbocycles. The number of unbranched alkanes of at least 4 members (excludes halogenated alkanes) is 1. The van der Waals surface area contributed by atoms with Crippen molar-refractivity contribution in [1.29, 1.82) is 0 Å². The van der Waals surface area contributed by atoms with Crippen LogP contribution in [-0.4, -0.2) is 25.6 Å². The van der Waals surface area contributed by atoms with Crippen LogP contribution in [0.4, 0.5) is 0 Å². The second-order valence-electron chi connectivity index (χ2n) is 7.38. The monoisotopic (exact) mass is 376 g/mol. The van der Waals surface area contributed by atoms with Gasteiger partial charge in [-0.25, -0.2) is 13.1 Å². The second kappa shape index (κ2) is 8.64. The van der Waals surface area contributed by atoms with Crippen molar-refractivity contribution < 1.29 is 13.2 Å². The topological polar surface area (TPSA) is 75.3 Å². The maximum atomic E-state index is 12.0. The average molecular weight is 377 g/mol. The van der Waals surface area contributed by atoms with Gasteiger partial charge < -0.3 is 5.32 Å². The highest BCUT2D eigenvalue weighted by molar-refractivity contribution is 7.90. The number of benzene rings is 2. The van der Waals surface area contributed by atoms with E-state index in [-0.39, 0.29) is 5.91 Å². The van der Waals surface area contributed by atoms with E-state index in [1.54, 1.807) is 20.8 Å². The molecule has 1 amide bonds. The van der Waals surface area contributed by atoms with Crippen LogP contribution in [0.3, 0.4) is 0 Å². The Balaban J connectivity index is 1.73. The first kappa shape index (κ1) is 20.4. The van der Waals surface area contributed by atoms with E-state index >= 15 is 0 Å². The van der Waals surface area contributed by atoms with Crippen molar-refractivity contribution in [2.24, 2.45) is 0 Å². The zero-order valence-corrected chi connectivity index (χ0v) is 16.5. The molecule has 0 heterocycles. The van der Waals surface area contributed by atoms with Crippen LogP contribution in [0.15, 0.2) is 42.5 Å². The lowest BCUT2D eigenvalue weighted by Gasteiger charge is -2.19. The number of carbonyl (C=O) groups is 1. The summed E-state index contributed by atoms with van der Waals surface area (Å²) in [7, 11) is -3.32. The van der Waals surface area contributed by atoms with Crippen molar-refractivity contribution in [3.8, 4) is 0 Å². The third-order valence-corrected chi connectivity index (χ3v) is 6.48. The number of carbonyl (C=O) groups excluding carboxylic acids is 1. The summed E-state index contributed by atoms with van der Waals surface area (Å²) in [5.41, 5.74) is 1.09. The molecule has 26 heavy (non-hydrogen) atoms. The molecule has 0 unspecified atom stereocenters. The molecule has 0 fully saturated rings. The number of hydrogen-bond donors (Lipinski definition) is 2. The molecular formula is C20H28N2O3S. The van der Waals surface area contributed by atoms with Gasteiger partial charge in [-0.15, -0.1) is 0 Å². The number of amides is 1. The van der Waals surface area contributed by atoms with E-state index in [1.807, 2.05) is 24.3 Å². The van der Waals surface area contributed by atoms with Crippen molar-refractivity contribution in [2.75, 3.05) is 6.54 Å². The molecule has 0 atom stereocenters. The summed E-state index contributed by atoms with van der Waals surface area (Å²) < 4.78 is 25.6. The molecule has 2 aromatic carbocycles. The van der Waals surface area contributed by atoms with Crippen molar-refractivity contribution in [3.63, 3.8) is 0 Å². The SMILES string of the molecule is CC(C)(C)S(=O)(=O)NCCCCC(=O)NCc1cccc2ccccc12. The molecule has 6 heteroatoms. The van der Waals surface area contributed by atoms with E-state index in [2.05, 4.69) is 28.2 Å². The van der Waals surface area contributed by atoms with E-state index in [1.165, 1.54) is 0 Å².